The molecule has 4 nitrogen and oxygen atoms in total. The number of nitrogens with zero attached hydrogens (tertiary/aromatic N) is 1. The second kappa shape index (κ2) is 13.1. The molecule has 5 heteroatoms. The third kappa shape index (κ3) is 8.11. The molecule has 0 atom stereocenters. The lowest BCUT2D eigenvalue weighted by molar-refractivity contribution is -0.902. The van der Waals surface area contributed by atoms with Crippen LogP contribution in [0.2, 0.25) is 0 Å². The summed E-state index contributed by atoms with van der Waals surface area (Å²) in [5, 5.41) is 5.19. The summed E-state index contributed by atoms with van der Waals surface area (Å²) in [6.45, 7) is 3.11. The molecule has 0 saturated carbocycles. The highest BCUT2D eigenvalue weighted by Gasteiger charge is 2.16. The van der Waals surface area contributed by atoms with Crippen LogP contribution < -0.4 is 22.5 Å². The lowest BCUT2D eigenvalue weighted by atomic mass is 10.1. The van der Waals surface area contributed by atoms with Crippen LogP contribution in [0.1, 0.15) is 27.9 Å². The summed E-state index contributed by atoms with van der Waals surface area (Å²) in [6, 6.07) is 32.8. The maximum Gasteiger partial charge on any atom is 0.251 e. The maximum atomic E-state index is 12.7. The number of likely N-dealkylation sites (N-methyl/N-ethyl adjacent to an activating group) is 1. The first-order valence-corrected chi connectivity index (χ1v) is 12.3. The Kier molecular flexibility index (Phi) is 9.92. The highest BCUT2D eigenvalue weighted by atomic mass is 35.5. The topological polar surface area (TPSA) is 38.3 Å². The second-order valence-corrected chi connectivity index (χ2v) is 9.72. The lowest BCUT2D eigenvalue weighted by Crippen LogP contribution is -3.00. The molecular formula is C31H35ClN2O2. The minimum absolute atomic E-state index is 0. The van der Waals surface area contributed by atoms with Crippen LogP contribution in [0.3, 0.4) is 0 Å². The van der Waals surface area contributed by atoms with Gasteiger partial charge in [0.1, 0.15) is 12.3 Å². The number of hydrogen-bond acceptors (Lipinski definition) is 2. The Morgan fingerprint density at radius 3 is 2.17 bits per heavy atom. The largest absolute Gasteiger partial charge is 1.00 e. The van der Waals surface area contributed by atoms with Crippen LogP contribution in [-0.2, 0) is 13.0 Å². The van der Waals surface area contributed by atoms with Gasteiger partial charge in [-0.3, -0.25) is 4.79 Å². The molecule has 4 aromatic carbocycles. The van der Waals surface area contributed by atoms with E-state index in [2.05, 4.69) is 67.9 Å². The van der Waals surface area contributed by atoms with Crippen molar-refractivity contribution in [1.29, 1.82) is 0 Å². The molecule has 0 aliphatic heterocycles. The molecule has 0 fully saturated rings. The quantitative estimate of drug-likeness (QED) is 0.253. The first-order chi connectivity index (χ1) is 17.0. The van der Waals surface area contributed by atoms with E-state index in [4.69, 9.17) is 4.74 Å². The number of benzene rings is 4. The number of fused-ring (bicyclic) bond motifs is 1. The van der Waals surface area contributed by atoms with Crippen molar-refractivity contribution in [3.8, 4) is 5.75 Å². The van der Waals surface area contributed by atoms with Crippen LogP contribution >= 0.6 is 0 Å². The van der Waals surface area contributed by atoms with Gasteiger partial charge in [-0.1, -0.05) is 72.8 Å². The first-order valence-electron chi connectivity index (χ1n) is 12.3. The van der Waals surface area contributed by atoms with Crippen molar-refractivity contribution in [2.45, 2.75) is 19.4 Å². The van der Waals surface area contributed by atoms with Gasteiger partial charge in [0.25, 0.3) is 5.91 Å². The average Bonchev–Trinajstić information content (AvgIpc) is 2.87. The molecule has 1 amide bonds. The SMILES string of the molecule is C[N+](C)(CCNC(=O)c1ccc2cc(OCCCc3ccccc3)ccc2c1)Cc1ccccc1.[Cl-]. The van der Waals surface area contributed by atoms with Gasteiger partial charge in [0.2, 0.25) is 0 Å². The highest BCUT2D eigenvalue weighted by molar-refractivity contribution is 5.98. The molecule has 0 spiro atoms. The third-order valence-corrected chi connectivity index (χ3v) is 6.25. The molecule has 0 bridgehead atoms. The second-order valence-electron chi connectivity index (χ2n) is 9.72. The fourth-order valence-corrected chi connectivity index (χ4v) is 4.30. The van der Waals surface area contributed by atoms with Gasteiger partial charge in [0.15, 0.2) is 0 Å². The normalized spacial score (nSPS) is 11.1. The van der Waals surface area contributed by atoms with Crippen LogP contribution in [0.4, 0.5) is 0 Å². The van der Waals surface area contributed by atoms with Gasteiger partial charge in [-0.2, -0.15) is 0 Å². The van der Waals surface area contributed by atoms with E-state index in [0.717, 1.165) is 46.9 Å². The molecule has 0 radical (unpaired) electrons. The van der Waals surface area contributed by atoms with E-state index in [9.17, 15) is 4.79 Å². The van der Waals surface area contributed by atoms with Gasteiger partial charge >= 0.3 is 0 Å². The number of aryl methyl sites for hydroxylation is 1. The Hall–Kier alpha value is -3.34. The molecule has 0 aromatic heterocycles. The molecule has 0 heterocycles. The van der Waals surface area contributed by atoms with Crippen molar-refractivity contribution in [1.82, 2.24) is 5.32 Å². The Balaban J connectivity index is 0.00000361. The summed E-state index contributed by atoms with van der Waals surface area (Å²) in [7, 11) is 4.38. The zero-order valence-electron chi connectivity index (χ0n) is 21.1. The Labute approximate surface area is 220 Å². The van der Waals surface area contributed by atoms with Gasteiger partial charge in [0, 0.05) is 11.1 Å². The molecule has 188 valence electrons. The van der Waals surface area contributed by atoms with Crippen molar-refractivity contribution in [2.75, 3.05) is 33.8 Å². The Morgan fingerprint density at radius 1 is 0.806 bits per heavy atom. The van der Waals surface area contributed by atoms with Crippen molar-refractivity contribution in [2.24, 2.45) is 0 Å². The fourth-order valence-electron chi connectivity index (χ4n) is 4.30. The summed E-state index contributed by atoms with van der Waals surface area (Å²) >= 11 is 0. The van der Waals surface area contributed by atoms with E-state index >= 15 is 0 Å². The number of halogens is 1. The van der Waals surface area contributed by atoms with E-state index in [1.165, 1.54) is 11.1 Å². The zero-order valence-corrected chi connectivity index (χ0v) is 21.9. The minimum Gasteiger partial charge on any atom is -1.00 e. The smallest absolute Gasteiger partial charge is 0.251 e. The Morgan fingerprint density at radius 2 is 1.44 bits per heavy atom. The molecule has 0 saturated heterocycles. The van der Waals surface area contributed by atoms with Crippen molar-refractivity contribution in [3.63, 3.8) is 0 Å². The first kappa shape index (κ1) is 27.3. The number of nitrogens with one attached hydrogen (secondary N) is 1. The van der Waals surface area contributed by atoms with Crippen molar-refractivity contribution in [3.05, 3.63) is 114 Å². The number of ether oxygens (including phenoxy) is 1. The molecular weight excluding hydrogens is 468 g/mol. The van der Waals surface area contributed by atoms with E-state index in [-0.39, 0.29) is 18.3 Å². The number of amides is 1. The summed E-state index contributed by atoms with van der Waals surface area (Å²) in [5.74, 6) is 0.828. The molecule has 4 rings (SSSR count). The van der Waals surface area contributed by atoms with E-state index in [1.807, 2.05) is 48.5 Å². The number of hydrogen-bond donors (Lipinski definition) is 1. The fraction of sp³-hybridized carbons (Fsp3) is 0.258. The van der Waals surface area contributed by atoms with E-state index in [0.29, 0.717) is 18.7 Å². The third-order valence-electron chi connectivity index (χ3n) is 6.25. The molecule has 36 heavy (non-hydrogen) atoms. The maximum absolute atomic E-state index is 12.7. The highest BCUT2D eigenvalue weighted by Crippen LogP contribution is 2.22. The minimum atomic E-state index is -0.0344. The van der Waals surface area contributed by atoms with Crippen LogP contribution in [0, 0.1) is 0 Å². The molecule has 0 aliphatic rings. The van der Waals surface area contributed by atoms with Gasteiger partial charge in [-0.05, 0) is 53.4 Å². The summed E-state index contributed by atoms with van der Waals surface area (Å²) < 4.78 is 6.78. The zero-order chi connectivity index (χ0) is 24.5. The summed E-state index contributed by atoms with van der Waals surface area (Å²) in [6.07, 6.45) is 1.98. The predicted molar refractivity (Wildman–Crippen MR) is 144 cm³/mol. The number of carbonyl (C=O) groups is 1. The van der Waals surface area contributed by atoms with Gasteiger partial charge in [0.05, 0.1) is 33.8 Å². The molecule has 0 unspecified atom stereocenters. The van der Waals surface area contributed by atoms with Crippen LogP contribution in [-0.4, -0.2) is 44.2 Å². The van der Waals surface area contributed by atoms with E-state index < -0.39 is 0 Å². The van der Waals surface area contributed by atoms with Gasteiger partial charge in [-0.25, -0.2) is 0 Å². The van der Waals surface area contributed by atoms with Crippen LogP contribution in [0.5, 0.6) is 5.75 Å². The Bertz CT molecular complexity index is 1240. The number of quaternary nitrogens is 1. The van der Waals surface area contributed by atoms with Crippen molar-refractivity contribution >= 4 is 16.7 Å². The monoisotopic (exact) mass is 502 g/mol. The molecule has 4 aromatic rings. The number of carbonyl (C=O) groups excluding carboxylic acids is 1. The summed E-state index contributed by atoms with van der Waals surface area (Å²) in [4.78, 5) is 12.7. The average molecular weight is 503 g/mol. The van der Waals surface area contributed by atoms with Crippen molar-refractivity contribution < 1.29 is 26.4 Å². The lowest BCUT2D eigenvalue weighted by Gasteiger charge is -2.30. The number of rotatable bonds is 11. The predicted octanol–water partition coefficient (Wildman–Crippen LogP) is 2.86. The van der Waals surface area contributed by atoms with Gasteiger partial charge < -0.3 is 26.9 Å². The van der Waals surface area contributed by atoms with E-state index in [1.54, 1.807) is 0 Å². The molecule has 1 N–H and O–H groups in total. The van der Waals surface area contributed by atoms with Crippen LogP contribution in [0.15, 0.2) is 97.1 Å². The summed E-state index contributed by atoms with van der Waals surface area (Å²) in [5.41, 5.74) is 3.32. The molecule has 0 aliphatic carbocycles. The van der Waals surface area contributed by atoms with Gasteiger partial charge in [-0.15, -0.1) is 0 Å². The van der Waals surface area contributed by atoms with Crippen LogP contribution in [0.25, 0.3) is 10.8 Å². The standard InChI is InChI=1S/C31H34N2O2.ClH/c1-33(2,24-26-12-7-4-8-13-26)20-19-32-31(34)29-16-15-28-23-30(18-17-27(28)22-29)35-21-9-14-25-10-5-3-6-11-25;/h3-8,10-13,15-18,22-23H,9,14,19-21,24H2,1-2H3;1H.